The zero-order chi connectivity index (χ0) is 13.8. The van der Waals surface area contributed by atoms with E-state index in [2.05, 4.69) is 21.2 Å². The molecule has 0 saturated heterocycles. The van der Waals surface area contributed by atoms with Gasteiger partial charge in [0, 0.05) is 15.1 Å². The van der Waals surface area contributed by atoms with Gasteiger partial charge in [0.15, 0.2) is 0 Å². The van der Waals surface area contributed by atoms with Crippen LogP contribution in [0, 0.1) is 0 Å². The number of hydrogen-bond donors (Lipinski definition) is 2. The number of para-hydroxylation sites is 1. The van der Waals surface area contributed by atoms with Crippen molar-refractivity contribution in [1.29, 1.82) is 0 Å². The highest BCUT2D eigenvalue weighted by Gasteiger charge is 2.12. The molecule has 0 fully saturated rings. The van der Waals surface area contributed by atoms with Crippen LogP contribution in [-0.2, 0) is 0 Å². The fourth-order valence-corrected chi connectivity index (χ4v) is 2.63. The number of benzene rings is 2. The van der Waals surface area contributed by atoms with Gasteiger partial charge in [0.05, 0.1) is 11.3 Å². The number of thioether (sulfide) groups is 1. The zero-order valence-electron chi connectivity index (χ0n) is 10.3. The van der Waals surface area contributed by atoms with Crippen LogP contribution in [0.2, 0.25) is 0 Å². The number of amides is 1. The Bertz CT molecular complexity index is 616. The number of rotatable bonds is 3. The molecule has 19 heavy (non-hydrogen) atoms. The van der Waals surface area contributed by atoms with E-state index in [1.54, 1.807) is 30.0 Å². The number of anilines is 2. The highest BCUT2D eigenvalue weighted by atomic mass is 79.9. The van der Waals surface area contributed by atoms with Crippen LogP contribution in [-0.4, -0.2) is 12.2 Å². The Morgan fingerprint density at radius 2 is 2.00 bits per heavy atom. The molecule has 5 heteroatoms. The first-order chi connectivity index (χ1) is 9.11. The minimum atomic E-state index is -0.180. The van der Waals surface area contributed by atoms with Crippen LogP contribution in [0.25, 0.3) is 0 Å². The summed E-state index contributed by atoms with van der Waals surface area (Å²) in [6.07, 6.45) is 1.97. The zero-order valence-corrected chi connectivity index (χ0v) is 12.7. The van der Waals surface area contributed by atoms with Gasteiger partial charge in [0.25, 0.3) is 5.91 Å². The summed E-state index contributed by atoms with van der Waals surface area (Å²) in [4.78, 5) is 13.3. The molecule has 2 aromatic rings. The lowest BCUT2D eigenvalue weighted by Gasteiger charge is -2.10. The molecule has 3 nitrogen and oxygen atoms in total. The van der Waals surface area contributed by atoms with E-state index >= 15 is 0 Å². The Morgan fingerprint density at radius 3 is 2.74 bits per heavy atom. The molecule has 0 aromatic heterocycles. The van der Waals surface area contributed by atoms with Gasteiger partial charge in [-0.15, -0.1) is 11.8 Å². The predicted molar refractivity (Wildman–Crippen MR) is 84.7 cm³/mol. The first kappa shape index (κ1) is 14.0. The van der Waals surface area contributed by atoms with E-state index in [-0.39, 0.29) is 5.91 Å². The number of carbonyl (C=O) groups is 1. The van der Waals surface area contributed by atoms with Crippen LogP contribution < -0.4 is 11.1 Å². The van der Waals surface area contributed by atoms with Crippen molar-refractivity contribution in [1.82, 2.24) is 0 Å². The van der Waals surface area contributed by atoms with Gasteiger partial charge in [-0.05, 0) is 52.5 Å². The summed E-state index contributed by atoms with van der Waals surface area (Å²) in [6, 6.07) is 12.9. The highest BCUT2D eigenvalue weighted by molar-refractivity contribution is 9.10. The molecule has 2 rings (SSSR count). The van der Waals surface area contributed by atoms with Gasteiger partial charge >= 0.3 is 0 Å². The van der Waals surface area contributed by atoms with Crippen LogP contribution in [0.15, 0.2) is 51.8 Å². The van der Waals surface area contributed by atoms with Gasteiger partial charge in [-0.2, -0.15) is 0 Å². The number of nitrogen functional groups attached to an aromatic ring is 1. The van der Waals surface area contributed by atoms with E-state index in [0.717, 1.165) is 15.1 Å². The molecule has 0 heterocycles. The van der Waals surface area contributed by atoms with Crippen LogP contribution in [0.4, 0.5) is 11.4 Å². The first-order valence-electron chi connectivity index (χ1n) is 5.61. The Labute approximate surface area is 124 Å². The normalized spacial score (nSPS) is 10.2. The van der Waals surface area contributed by atoms with Gasteiger partial charge in [0.1, 0.15) is 0 Å². The third-order valence-corrected chi connectivity index (χ3v) is 4.08. The van der Waals surface area contributed by atoms with Gasteiger partial charge in [-0.25, -0.2) is 0 Å². The summed E-state index contributed by atoms with van der Waals surface area (Å²) in [5.74, 6) is -0.180. The summed E-state index contributed by atoms with van der Waals surface area (Å²) in [6.45, 7) is 0. The summed E-state index contributed by atoms with van der Waals surface area (Å²) < 4.78 is 0.723. The summed E-state index contributed by atoms with van der Waals surface area (Å²) >= 11 is 4.95. The molecule has 98 valence electrons. The molecular weight excluding hydrogens is 324 g/mol. The second-order valence-corrected chi connectivity index (χ2v) is 5.60. The molecule has 0 unspecified atom stereocenters. The van der Waals surface area contributed by atoms with Gasteiger partial charge in [-0.3, -0.25) is 4.79 Å². The summed E-state index contributed by atoms with van der Waals surface area (Å²) in [5.41, 5.74) is 7.60. The van der Waals surface area contributed by atoms with Crippen LogP contribution in [0.3, 0.4) is 0 Å². The Kier molecular flexibility index (Phi) is 4.50. The van der Waals surface area contributed by atoms with Crippen molar-refractivity contribution in [3.63, 3.8) is 0 Å². The summed E-state index contributed by atoms with van der Waals surface area (Å²) in [5, 5.41) is 2.90. The fourth-order valence-electron chi connectivity index (χ4n) is 1.65. The molecule has 3 N–H and O–H groups in total. The van der Waals surface area contributed by atoms with E-state index in [0.29, 0.717) is 11.3 Å². The van der Waals surface area contributed by atoms with E-state index < -0.39 is 0 Å². The van der Waals surface area contributed by atoms with E-state index in [4.69, 9.17) is 5.73 Å². The van der Waals surface area contributed by atoms with E-state index in [1.807, 2.05) is 30.5 Å². The van der Waals surface area contributed by atoms with Crippen molar-refractivity contribution in [2.45, 2.75) is 4.90 Å². The van der Waals surface area contributed by atoms with Crippen molar-refractivity contribution < 1.29 is 4.79 Å². The Balaban J connectivity index is 2.28. The first-order valence-corrected chi connectivity index (χ1v) is 7.63. The lowest BCUT2D eigenvalue weighted by atomic mass is 10.2. The molecule has 0 aliphatic carbocycles. The molecule has 0 radical (unpaired) electrons. The molecular formula is C14H13BrN2OS. The van der Waals surface area contributed by atoms with Crippen molar-refractivity contribution in [3.05, 3.63) is 52.5 Å². The maximum atomic E-state index is 12.2. The summed E-state index contributed by atoms with van der Waals surface area (Å²) in [7, 11) is 0. The molecule has 0 bridgehead atoms. The molecule has 0 aliphatic heterocycles. The van der Waals surface area contributed by atoms with Gasteiger partial charge < -0.3 is 11.1 Å². The topological polar surface area (TPSA) is 55.1 Å². The standard InChI is InChI=1S/C14H13BrN2OS/c1-19-13-5-3-2-4-12(13)17-14(18)10-8-9(16)6-7-11(10)15/h2-8H,16H2,1H3,(H,17,18). The number of nitrogens with two attached hydrogens (primary N) is 1. The molecule has 0 spiro atoms. The smallest absolute Gasteiger partial charge is 0.256 e. The number of halogens is 1. The van der Waals surface area contributed by atoms with Crippen LogP contribution >= 0.6 is 27.7 Å². The largest absolute Gasteiger partial charge is 0.399 e. The maximum Gasteiger partial charge on any atom is 0.256 e. The van der Waals surface area contributed by atoms with Crippen LogP contribution in [0.1, 0.15) is 10.4 Å². The molecule has 1 amide bonds. The average molecular weight is 337 g/mol. The van der Waals surface area contributed by atoms with Crippen molar-refractivity contribution in [2.75, 3.05) is 17.3 Å². The molecule has 0 saturated carbocycles. The SMILES string of the molecule is CSc1ccccc1NC(=O)c1cc(N)ccc1Br. The average Bonchev–Trinajstić information content (AvgIpc) is 2.42. The molecule has 2 aromatic carbocycles. The Morgan fingerprint density at radius 1 is 1.26 bits per heavy atom. The minimum Gasteiger partial charge on any atom is -0.399 e. The molecule has 0 aliphatic rings. The molecule has 0 atom stereocenters. The number of carbonyl (C=O) groups excluding carboxylic acids is 1. The fraction of sp³-hybridized carbons (Fsp3) is 0.0714. The number of hydrogen-bond acceptors (Lipinski definition) is 3. The quantitative estimate of drug-likeness (QED) is 0.657. The van der Waals surface area contributed by atoms with E-state index in [1.165, 1.54) is 0 Å². The number of nitrogens with one attached hydrogen (secondary N) is 1. The van der Waals surface area contributed by atoms with Gasteiger partial charge in [0.2, 0.25) is 0 Å². The van der Waals surface area contributed by atoms with Crippen LogP contribution in [0.5, 0.6) is 0 Å². The lowest BCUT2D eigenvalue weighted by Crippen LogP contribution is -2.13. The third kappa shape index (κ3) is 3.30. The van der Waals surface area contributed by atoms with Gasteiger partial charge in [-0.1, -0.05) is 12.1 Å². The minimum absolute atomic E-state index is 0.180. The second kappa shape index (κ2) is 6.12. The van der Waals surface area contributed by atoms with Crippen molar-refractivity contribution in [2.24, 2.45) is 0 Å². The maximum absolute atomic E-state index is 12.2. The third-order valence-electron chi connectivity index (χ3n) is 2.59. The van der Waals surface area contributed by atoms with Crippen molar-refractivity contribution in [3.8, 4) is 0 Å². The monoisotopic (exact) mass is 336 g/mol. The highest BCUT2D eigenvalue weighted by Crippen LogP contribution is 2.26. The van der Waals surface area contributed by atoms with Crippen molar-refractivity contribution >= 4 is 45.0 Å². The predicted octanol–water partition coefficient (Wildman–Crippen LogP) is 4.01. The lowest BCUT2D eigenvalue weighted by molar-refractivity contribution is 0.102. The second-order valence-electron chi connectivity index (χ2n) is 3.89. The Hall–Kier alpha value is -1.46. The van der Waals surface area contributed by atoms with E-state index in [9.17, 15) is 4.79 Å².